The average Bonchev–Trinajstić information content (AvgIpc) is 2.68. The predicted molar refractivity (Wildman–Crippen MR) is 61.1 cm³/mol. The summed E-state index contributed by atoms with van der Waals surface area (Å²) >= 11 is 5.94. The van der Waals surface area contributed by atoms with Crippen LogP contribution in [-0.4, -0.2) is 16.7 Å². The molecule has 1 aliphatic carbocycles. The number of aliphatic hydroxyl groups excluding tert-OH is 1. The zero-order valence-electron chi connectivity index (χ0n) is 9.34. The van der Waals surface area contributed by atoms with Crippen molar-refractivity contribution in [3.8, 4) is 0 Å². The van der Waals surface area contributed by atoms with Crippen LogP contribution in [0.4, 0.5) is 0 Å². The Labute approximate surface area is 95.3 Å². The van der Waals surface area contributed by atoms with Gasteiger partial charge in [-0.15, -0.1) is 0 Å². The van der Waals surface area contributed by atoms with E-state index in [2.05, 4.69) is 18.8 Å². The molecule has 15 heavy (non-hydrogen) atoms. The maximum atomic E-state index is 9.56. The number of rotatable bonds is 2. The van der Waals surface area contributed by atoms with Crippen molar-refractivity contribution in [1.29, 1.82) is 0 Å². The van der Waals surface area contributed by atoms with Gasteiger partial charge >= 0.3 is 0 Å². The number of aliphatic hydroxyl groups is 1. The summed E-state index contributed by atoms with van der Waals surface area (Å²) in [6, 6.07) is 3.90. The monoisotopic (exact) mass is 225 g/mol. The van der Waals surface area contributed by atoms with E-state index in [1.165, 1.54) is 0 Å². The van der Waals surface area contributed by atoms with Crippen molar-refractivity contribution in [2.45, 2.75) is 32.6 Å². The summed E-state index contributed by atoms with van der Waals surface area (Å²) in [7, 11) is 0. The number of hydrogen-bond acceptors (Lipinski definition) is 2. The molecule has 1 aromatic heterocycles. The Balaban J connectivity index is 2.46. The van der Waals surface area contributed by atoms with Gasteiger partial charge in [-0.3, -0.25) is 0 Å². The fourth-order valence-electron chi connectivity index (χ4n) is 2.47. The molecule has 1 heterocycles. The van der Waals surface area contributed by atoms with Crippen LogP contribution in [0.1, 0.15) is 31.5 Å². The highest BCUT2D eigenvalue weighted by Crippen LogP contribution is 2.64. The van der Waals surface area contributed by atoms with Gasteiger partial charge in [-0.05, 0) is 36.5 Å². The molecule has 1 unspecified atom stereocenters. The minimum atomic E-state index is -0.107. The zero-order chi connectivity index (χ0) is 11.3. The predicted octanol–water partition coefficient (Wildman–Crippen LogP) is 2.70. The Morgan fingerprint density at radius 3 is 2.47 bits per heavy atom. The van der Waals surface area contributed by atoms with Crippen molar-refractivity contribution in [3.05, 3.63) is 28.5 Å². The topological polar surface area (TPSA) is 33.1 Å². The SMILES string of the molecule is Cc1cc(C2(CO)CC2(C)C)cc(Cl)n1. The molecule has 0 saturated heterocycles. The molecule has 0 spiro atoms. The molecule has 1 atom stereocenters. The minimum Gasteiger partial charge on any atom is -0.395 e. The van der Waals surface area contributed by atoms with Gasteiger partial charge in [-0.1, -0.05) is 25.4 Å². The third kappa shape index (κ3) is 1.56. The lowest BCUT2D eigenvalue weighted by Crippen LogP contribution is -2.19. The lowest BCUT2D eigenvalue weighted by molar-refractivity contribution is 0.231. The number of hydrogen-bond donors (Lipinski definition) is 1. The summed E-state index contributed by atoms with van der Waals surface area (Å²) in [5, 5.41) is 10.1. The Morgan fingerprint density at radius 2 is 2.07 bits per heavy atom. The summed E-state index contributed by atoms with van der Waals surface area (Å²) in [4.78, 5) is 4.14. The summed E-state index contributed by atoms with van der Waals surface area (Å²) in [5.74, 6) is 0. The highest BCUT2D eigenvalue weighted by Gasteiger charge is 2.61. The molecular formula is C12H16ClNO. The molecule has 1 N–H and O–H groups in total. The minimum absolute atomic E-state index is 0.107. The van der Waals surface area contributed by atoms with Gasteiger partial charge in [-0.25, -0.2) is 4.98 Å². The molecule has 1 fully saturated rings. The zero-order valence-corrected chi connectivity index (χ0v) is 10.1. The molecule has 0 amide bonds. The molecule has 1 aliphatic rings. The van der Waals surface area contributed by atoms with Gasteiger partial charge < -0.3 is 5.11 Å². The van der Waals surface area contributed by atoms with Gasteiger partial charge in [0.1, 0.15) is 5.15 Å². The van der Waals surface area contributed by atoms with Gasteiger partial charge in [0.05, 0.1) is 6.61 Å². The quantitative estimate of drug-likeness (QED) is 0.786. The lowest BCUT2D eigenvalue weighted by Gasteiger charge is -2.18. The van der Waals surface area contributed by atoms with Crippen molar-refractivity contribution in [2.75, 3.05) is 6.61 Å². The summed E-state index contributed by atoms with van der Waals surface area (Å²) in [6.07, 6.45) is 1.01. The number of aromatic nitrogens is 1. The first-order valence-electron chi connectivity index (χ1n) is 5.17. The van der Waals surface area contributed by atoms with Crippen molar-refractivity contribution in [3.63, 3.8) is 0 Å². The van der Waals surface area contributed by atoms with Crippen molar-refractivity contribution in [1.82, 2.24) is 4.98 Å². The van der Waals surface area contributed by atoms with E-state index >= 15 is 0 Å². The highest BCUT2D eigenvalue weighted by atomic mass is 35.5. The number of aryl methyl sites for hydroxylation is 1. The van der Waals surface area contributed by atoms with Crippen LogP contribution in [0.25, 0.3) is 0 Å². The largest absolute Gasteiger partial charge is 0.395 e. The van der Waals surface area contributed by atoms with E-state index in [1.807, 2.05) is 19.1 Å². The van der Waals surface area contributed by atoms with Crippen LogP contribution in [0.2, 0.25) is 5.15 Å². The third-order valence-electron chi connectivity index (χ3n) is 3.66. The standard InChI is InChI=1S/C12H16ClNO/c1-8-4-9(5-10(13)14-8)12(7-15)6-11(12,2)3/h4-5,15H,6-7H2,1-3H3. The maximum Gasteiger partial charge on any atom is 0.129 e. The molecule has 0 bridgehead atoms. The van der Waals surface area contributed by atoms with E-state index in [4.69, 9.17) is 11.6 Å². The van der Waals surface area contributed by atoms with E-state index in [-0.39, 0.29) is 17.4 Å². The molecule has 1 aromatic rings. The first-order valence-corrected chi connectivity index (χ1v) is 5.55. The van der Waals surface area contributed by atoms with Crippen molar-refractivity contribution in [2.24, 2.45) is 5.41 Å². The van der Waals surface area contributed by atoms with Gasteiger partial charge in [-0.2, -0.15) is 0 Å². The molecule has 3 heteroatoms. The fourth-order valence-corrected chi connectivity index (χ4v) is 2.72. The molecule has 1 saturated carbocycles. The third-order valence-corrected chi connectivity index (χ3v) is 3.85. The molecule has 2 nitrogen and oxygen atoms in total. The number of halogens is 1. The highest BCUT2D eigenvalue weighted by molar-refractivity contribution is 6.29. The second-order valence-corrected chi connectivity index (χ2v) is 5.51. The molecule has 2 rings (SSSR count). The first kappa shape index (κ1) is 10.9. The first-order chi connectivity index (χ1) is 6.91. The van der Waals surface area contributed by atoms with E-state index in [1.54, 1.807) is 0 Å². The molecule has 0 aliphatic heterocycles. The maximum absolute atomic E-state index is 9.56. The van der Waals surface area contributed by atoms with Crippen LogP contribution >= 0.6 is 11.6 Å². The fraction of sp³-hybridized carbons (Fsp3) is 0.583. The van der Waals surface area contributed by atoms with Crippen LogP contribution < -0.4 is 0 Å². The molecule has 0 aromatic carbocycles. The molecule has 82 valence electrons. The summed E-state index contributed by atoms with van der Waals surface area (Å²) < 4.78 is 0. The van der Waals surface area contributed by atoms with Crippen LogP contribution in [0, 0.1) is 12.3 Å². The van der Waals surface area contributed by atoms with Crippen LogP contribution in [0.3, 0.4) is 0 Å². The smallest absolute Gasteiger partial charge is 0.129 e. The molecular weight excluding hydrogens is 210 g/mol. The van der Waals surface area contributed by atoms with E-state index in [9.17, 15) is 5.11 Å². The number of pyridine rings is 1. The van der Waals surface area contributed by atoms with Crippen molar-refractivity contribution >= 4 is 11.6 Å². The summed E-state index contributed by atoms with van der Waals surface area (Å²) in [5.41, 5.74) is 2.09. The Morgan fingerprint density at radius 1 is 1.47 bits per heavy atom. The van der Waals surface area contributed by atoms with E-state index in [0.717, 1.165) is 17.7 Å². The Kier molecular flexibility index (Phi) is 2.32. The number of nitrogens with zero attached hydrogens (tertiary/aromatic N) is 1. The second-order valence-electron chi connectivity index (χ2n) is 5.12. The van der Waals surface area contributed by atoms with Crippen LogP contribution in [-0.2, 0) is 5.41 Å². The Bertz CT molecular complexity index is 382. The normalized spacial score (nSPS) is 27.8. The van der Waals surface area contributed by atoms with Gasteiger partial charge in [0.15, 0.2) is 0 Å². The average molecular weight is 226 g/mol. The van der Waals surface area contributed by atoms with E-state index in [0.29, 0.717) is 5.15 Å². The second kappa shape index (κ2) is 3.19. The van der Waals surface area contributed by atoms with Gasteiger partial charge in [0, 0.05) is 11.1 Å². The van der Waals surface area contributed by atoms with E-state index < -0.39 is 0 Å². The Hall–Kier alpha value is -0.600. The molecule has 0 radical (unpaired) electrons. The van der Waals surface area contributed by atoms with Crippen LogP contribution in [0.15, 0.2) is 12.1 Å². The van der Waals surface area contributed by atoms with Crippen LogP contribution in [0.5, 0.6) is 0 Å². The summed E-state index contributed by atoms with van der Waals surface area (Å²) in [6.45, 7) is 6.45. The van der Waals surface area contributed by atoms with Crippen molar-refractivity contribution < 1.29 is 5.11 Å². The lowest BCUT2D eigenvalue weighted by atomic mass is 9.89. The van der Waals surface area contributed by atoms with Gasteiger partial charge in [0.2, 0.25) is 0 Å². The van der Waals surface area contributed by atoms with Gasteiger partial charge in [0.25, 0.3) is 0 Å².